The largest absolute Gasteiger partial charge is 0.394 e. The minimum atomic E-state index is -1.34. The highest BCUT2D eigenvalue weighted by molar-refractivity contribution is 6.30. The Kier molecular flexibility index (Phi) is 6.71. The van der Waals surface area contributed by atoms with Gasteiger partial charge in [0.1, 0.15) is 11.6 Å². The van der Waals surface area contributed by atoms with Gasteiger partial charge in [0.25, 0.3) is 5.91 Å². The highest BCUT2D eigenvalue weighted by Gasteiger charge is 2.75. The number of anilines is 1. The van der Waals surface area contributed by atoms with Gasteiger partial charge in [0, 0.05) is 30.3 Å². The summed E-state index contributed by atoms with van der Waals surface area (Å²) in [5.74, 6) is -2.44. The lowest BCUT2D eigenvalue weighted by Crippen LogP contribution is -2.58. The maximum atomic E-state index is 14.4. The van der Waals surface area contributed by atoms with Gasteiger partial charge < -0.3 is 24.5 Å². The number of likely N-dealkylation sites (tertiary alicyclic amines) is 1. The fourth-order valence-electron chi connectivity index (χ4n) is 6.64. The monoisotopic (exact) mass is 527 g/mol. The van der Waals surface area contributed by atoms with Crippen molar-refractivity contribution in [2.24, 2.45) is 11.8 Å². The summed E-state index contributed by atoms with van der Waals surface area (Å²) in [6, 6.07) is 5.36. The summed E-state index contributed by atoms with van der Waals surface area (Å²) < 4.78 is 6.80. The summed E-state index contributed by atoms with van der Waals surface area (Å²) in [5.41, 5.74) is -1.75. The summed E-state index contributed by atoms with van der Waals surface area (Å²) in [6.45, 7) is 6.73. The van der Waals surface area contributed by atoms with Crippen molar-refractivity contribution in [3.8, 4) is 0 Å². The van der Waals surface area contributed by atoms with Gasteiger partial charge in [-0.15, -0.1) is 0 Å². The molecule has 2 fully saturated rings. The second-order valence-corrected chi connectivity index (χ2v) is 10.9. The number of ether oxygens (including phenoxy) is 1. The third-order valence-electron chi connectivity index (χ3n) is 8.29. The molecule has 0 saturated carbocycles. The summed E-state index contributed by atoms with van der Waals surface area (Å²) in [7, 11) is 0. The van der Waals surface area contributed by atoms with Gasteiger partial charge in [-0.1, -0.05) is 49.8 Å². The van der Waals surface area contributed by atoms with Crippen LogP contribution in [-0.2, 0) is 19.1 Å². The normalized spacial score (nSPS) is 33.8. The van der Waals surface area contributed by atoms with Gasteiger partial charge in [-0.05, 0) is 44.0 Å². The number of aliphatic hydroxyl groups is 1. The van der Waals surface area contributed by atoms with Gasteiger partial charge in [-0.3, -0.25) is 14.4 Å². The molecular formula is C28H34ClN3O5. The first-order valence-corrected chi connectivity index (χ1v) is 13.4. The Labute approximate surface area is 222 Å². The van der Waals surface area contributed by atoms with E-state index in [-0.39, 0.29) is 30.9 Å². The molecular weight excluding hydrogens is 494 g/mol. The van der Waals surface area contributed by atoms with Crippen LogP contribution in [0.25, 0.3) is 0 Å². The summed E-state index contributed by atoms with van der Waals surface area (Å²) in [5, 5.41) is 10.8. The number of nitrogens with zero attached hydrogens (tertiary/aromatic N) is 3. The zero-order valence-electron chi connectivity index (χ0n) is 21.5. The van der Waals surface area contributed by atoms with Crippen LogP contribution < -0.4 is 4.90 Å². The predicted molar refractivity (Wildman–Crippen MR) is 140 cm³/mol. The molecule has 0 aromatic heterocycles. The number of rotatable bonds is 6. The molecule has 198 valence electrons. The molecule has 5 rings (SSSR count). The Morgan fingerprint density at radius 1 is 1.03 bits per heavy atom. The third-order valence-corrected chi connectivity index (χ3v) is 8.54. The molecule has 1 spiro atoms. The average molecular weight is 528 g/mol. The Hall–Kier alpha value is -2.68. The van der Waals surface area contributed by atoms with Crippen LogP contribution in [0, 0.1) is 11.8 Å². The zero-order chi connectivity index (χ0) is 26.5. The van der Waals surface area contributed by atoms with E-state index in [1.165, 1.54) is 4.90 Å². The molecule has 6 atom stereocenters. The number of fused-ring (bicyclic) bond motifs is 2. The van der Waals surface area contributed by atoms with Crippen molar-refractivity contribution in [1.29, 1.82) is 0 Å². The van der Waals surface area contributed by atoms with Crippen molar-refractivity contribution < 1.29 is 24.2 Å². The second-order valence-electron chi connectivity index (χ2n) is 10.5. The van der Waals surface area contributed by atoms with E-state index in [0.717, 1.165) is 6.42 Å². The van der Waals surface area contributed by atoms with Crippen LogP contribution in [0.2, 0.25) is 5.02 Å². The highest BCUT2D eigenvalue weighted by Crippen LogP contribution is 2.58. The fourth-order valence-corrected chi connectivity index (χ4v) is 6.77. The van der Waals surface area contributed by atoms with E-state index in [1.54, 1.807) is 34.1 Å². The molecule has 0 bridgehead atoms. The third kappa shape index (κ3) is 3.83. The fraction of sp³-hybridized carbons (Fsp3) is 0.536. The Balaban J connectivity index is 1.66. The van der Waals surface area contributed by atoms with Gasteiger partial charge in [-0.2, -0.15) is 0 Å². The zero-order valence-corrected chi connectivity index (χ0v) is 22.2. The van der Waals surface area contributed by atoms with E-state index in [1.807, 2.05) is 45.1 Å². The maximum absolute atomic E-state index is 14.4. The van der Waals surface area contributed by atoms with E-state index in [9.17, 15) is 19.5 Å². The van der Waals surface area contributed by atoms with Crippen LogP contribution in [0.3, 0.4) is 0 Å². The SMILES string of the molecule is CCCN1CC=C[C@]2(C)O[C@]34C=CCN(c5ccc(Cl)cc5)C(=O)C3N([C@@H](CC)CO)C(=O)[C@@H]4[C@@H]2C1=O. The van der Waals surface area contributed by atoms with Crippen molar-refractivity contribution >= 4 is 35.0 Å². The topological polar surface area (TPSA) is 90.4 Å². The van der Waals surface area contributed by atoms with Crippen LogP contribution in [0.4, 0.5) is 5.69 Å². The standard InChI is InChI=1S/C28H34ClN3O5/c1-4-14-30-15-6-12-27(3)21(24(30)34)22-25(35)32(19(5-2)17-33)23-26(36)31(16-7-13-28(22,23)37-27)20-10-8-18(29)9-11-20/h6-13,19,21-23,33H,4-5,14-17H2,1-3H3/t19-,21+,22-,23?,27-,28-/m0/s1. The molecule has 1 unspecified atom stereocenters. The van der Waals surface area contributed by atoms with Crippen LogP contribution in [0.15, 0.2) is 48.6 Å². The number of aliphatic hydroxyl groups excluding tert-OH is 1. The van der Waals surface area contributed by atoms with Gasteiger partial charge in [0.05, 0.1) is 30.1 Å². The second kappa shape index (κ2) is 9.57. The summed E-state index contributed by atoms with van der Waals surface area (Å²) >= 11 is 6.09. The lowest BCUT2D eigenvalue weighted by Gasteiger charge is -2.40. The quantitative estimate of drug-likeness (QED) is 0.575. The van der Waals surface area contributed by atoms with E-state index >= 15 is 0 Å². The van der Waals surface area contributed by atoms with Crippen molar-refractivity contribution in [3.63, 3.8) is 0 Å². The Morgan fingerprint density at radius 2 is 1.73 bits per heavy atom. The first-order chi connectivity index (χ1) is 17.7. The van der Waals surface area contributed by atoms with Gasteiger partial charge in [0.15, 0.2) is 0 Å². The smallest absolute Gasteiger partial charge is 0.253 e. The lowest BCUT2D eigenvalue weighted by molar-refractivity contribution is -0.151. The number of carbonyl (C=O) groups excluding carboxylic acids is 3. The first kappa shape index (κ1) is 25.9. The molecule has 1 aromatic carbocycles. The predicted octanol–water partition coefficient (Wildman–Crippen LogP) is 2.79. The van der Waals surface area contributed by atoms with Crippen LogP contribution in [-0.4, -0.2) is 82.2 Å². The van der Waals surface area contributed by atoms with Gasteiger partial charge >= 0.3 is 0 Å². The van der Waals surface area contributed by atoms with Crippen molar-refractivity contribution in [1.82, 2.24) is 9.80 Å². The molecule has 1 aromatic rings. The van der Waals surface area contributed by atoms with Crippen LogP contribution in [0.5, 0.6) is 0 Å². The molecule has 4 heterocycles. The van der Waals surface area contributed by atoms with E-state index in [0.29, 0.717) is 30.2 Å². The Morgan fingerprint density at radius 3 is 2.38 bits per heavy atom. The number of halogens is 1. The minimum Gasteiger partial charge on any atom is -0.394 e. The Bertz CT molecular complexity index is 1150. The molecule has 0 radical (unpaired) electrons. The number of benzene rings is 1. The number of hydrogen-bond acceptors (Lipinski definition) is 5. The van der Waals surface area contributed by atoms with E-state index < -0.39 is 35.1 Å². The first-order valence-electron chi connectivity index (χ1n) is 13.1. The van der Waals surface area contributed by atoms with E-state index in [4.69, 9.17) is 16.3 Å². The molecule has 4 aliphatic rings. The number of amides is 3. The average Bonchev–Trinajstić information content (AvgIpc) is 3.15. The van der Waals surface area contributed by atoms with Crippen molar-refractivity contribution in [2.45, 2.75) is 56.9 Å². The number of carbonyl (C=O) groups is 3. The van der Waals surface area contributed by atoms with Crippen molar-refractivity contribution in [2.75, 3.05) is 31.1 Å². The summed E-state index contributed by atoms with van der Waals surface area (Å²) in [4.78, 5) is 47.5. The lowest BCUT2D eigenvalue weighted by atomic mass is 9.74. The minimum absolute atomic E-state index is 0.137. The molecule has 3 amide bonds. The van der Waals surface area contributed by atoms with Crippen LogP contribution in [0.1, 0.15) is 33.6 Å². The van der Waals surface area contributed by atoms with Crippen molar-refractivity contribution in [3.05, 3.63) is 53.6 Å². The number of hydrogen-bond donors (Lipinski definition) is 1. The van der Waals surface area contributed by atoms with Crippen LogP contribution >= 0.6 is 11.6 Å². The van der Waals surface area contributed by atoms with E-state index in [2.05, 4.69) is 0 Å². The molecule has 4 aliphatic heterocycles. The highest BCUT2D eigenvalue weighted by atomic mass is 35.5. The maximum Gasteiger partial charge on any atom is 0.253 e. The molecule has 37 heavy (non-hydrogen) atoms. The summed E-state index contributed by atoms with van der Waals surface area (Å²) in [6.07, 6.45) is 8.73. The molecule has 0 aliphatic carbocycles. The van der Waals surface area contributed by atoms with Gasteiger partial charge in [-0.25, -0.2) is 0 Å². The molecule has 8 nitrogen and oxygen atoms in total. The molecule has 2 saturated heterocycles. The van der Waals surface area contributed by atoms with Gasteiger partial charge in [0.2, 0.25) is 11.8 Å². The molecule has 9 heteroatoms. The molecule has 1 N–H and O–H groups in total.